The van der Waals surface area contributed by atoms with Gasteiger partial charge in [0.1, 0.15) is 0 Å². The minimum atomic E-state index is -0.832. The Kier molecular flexibility index (Phi) is 4.93. The number of amides is 1. The SMILES string of the molecule is COCCC(=O)NC1CCCCC1(C)C(=O)O. The number of rotatable bonds is 5. The normalized spacial score (nSPS) is 28.7. The Morgan fingerprint density at radius 2 is 2.18 bits per heavy atom. The van der Waals surface area contributed by atoms with Crippen LogP contribution >= 0.6 is 0 Å². The standard InChI is InChI=1S/C12H21NO4/c1-12(11(15)16)7-4-3-5-9(12)13-10(14)6-8-17-2/h9H,3-8H2,1-2H3,(H,13,14)(H,15,16). The fourth-order valence-corrected chi connectivity index (χ4v) is 2.28. The molecule has 2 unspecified atom stereocenters. The van der Waals surface area contributed by atoms with Crippen LogP contribution in [0.25, 0.3) is 0 Å². The number of ether oxygens (including phenoxy) is 1. The summed E-state index contributed by atoms with van der Waals surface area (Å²) in [6.45, 7) is 2.08. The third-order valence-electron chi connectivity index (χ3n) is 3.57. The van der Waals surface area contributed by atoms with Gasteiger partial charge in [-0.1, -0.05) is 12.8 Å². The van der Waals surface area contributed by atoms with Gasteiger partial charge in [0, 0.05) is 19.6 Å². The average Bonchev–Trinajstić information content (AvgIpc) is 2.29. The van der Waals surface area contributed by atoms with E-state index in [0.717, 1.165) is 19.3 Å². The predicted molar refractivity (Wildman–Crippen MR) is 62.6 cm³/mol. The summed E-state index contributed by atoms with van der Waals surface area (Å²) >= 11 is 0. The molecule has 1 aliphatic rings. The molecule has 0 aliphatic heterocycles. The van der Waals surface area contributed by atoms with E-state index in [-0.39, 0.29) is 18.4 Å². The molecule has 5 nitrogen and oxygen atoms in total. The Bertz CT molecular complexity index is 292. The number of carbonyl (C=O) groups excluding carboxylic acids is 1. The smallest absolute Gasteiger partial charge is 0.311 e. The predicted octanol–water partition coefficient (Wildman–Crippen LogP) is 1.17. The summed E-state index contributed by atoms with van der Waals surface area (Å²) in [5.74, 6) is -0.958. The lowest BCUT2D eigenvalue weighted by Crippen LogP contribution is -2.52. The number of hydrogen-bond acceptors (Lipinski definition) is 3. The zero-order chi connectivity index (χ0) is 12.9. The number of carbonyl (C=O) groups is 2. The van der Waals surface area contributed by atoms with E-state index in [1.807, 2.05) is 0 Å². The molecule has 0 aromatic heterocycles. The van der Waals surface area contributed by atoms with E-state index < -0.39 is 11.4 Å². The highest BCUT2D eigenvalue weighted by Crippen LogP contribution is 2.36. The molecule has 0 radical (unpaired) electrons. The van der Waals surface area contributed by atoms with Crippen molar-refractivity contribution in [3.63, 3.8) is 0 Å². The van der Waals surface area contributed by atoms with Crippen LogP contribution in [0.2, 0.25) is 0 Å². The van der Waals surface area contributed by atoms with Gasteiger partial charge in [-0.05, 0) is 19.8 Å². The van der Waals surface area contributed by atoms with Crippen molar-refractivity contribution in [2.45, 2.75) is 45.1 Å². The van der Waals surface area contributed by atoms with E-state index in [1.54, 1.807) is 6.92 Å². The van der Waals surface area contributed by atoms with Crippen LogP contribution < -0.4 is 5.32 Å². The zero-order valence-electron chi connectivity index (χ0n) is 10.5. The quantitative estimate of drug-likeness (QED) is 0.760. The van der Waals surface area contributed by atoms with Crippen molar-refractivity contribution in [2.24, 2.45) is 5.41 Å². The molecule has 98 valence electrons. The largest absolute Gasteiger partial charge is 0.481 e. The molecule has 0 spiro atoms. The first kappa shape index (κ1) is 14.0. The van der Waals surface area contributed by atoms with Gasteiger partial charge in [-0.3, -0.25) is 9.59 Å². The monoisotopic (exact) mass is 243 g/mol. The molecule has 0 saturated heterocycles. The molecule has 2 atom stereocenters. The summed E-state index contributed by atoms with van der Waals surface area (Å²) in [5.41, 5.74) is -0.832. The van der Waals surface area contributed by atoms with Crippen molar-refractivity contribution in [3.05, 3.63) is 0 Å². The van der Waals surface area contributed by atoms with Gasteiger partial charge in [0.25, 0.3) is 0 Å². The molecular formula is C12H21NO4. The van der Waals surface area contributed by atoms with E-state index in [2.05, 4.69) is 5.32 Å². The van der Waals surface area contributed by atoms with Crippen LogP contribution in [0.3, 0.4) is 0 Å². The average molecular weight is 243 g/mol. The minimum absolute atomic E-state index is 0.133. The maximum atomic E-state index is 11.6. The van der Waals surface area contributed by atoms with Crippen molar-refractivity contribution in [2.75, 3.05) is 13.7 Å². The summed E-state index contributed by atoms with van der Waals surface area (Å²) < 4.78 is 4.82. The summed E-state index contributed by atoms with van der Waals surface area (Å²) in [6, 6.07) is -0.266. The number of carboxylic acid groups (broad SMARTS) is 1. The fraction of sp³-hybridized carbons (Fsp3) is 0.833. The molecule has 5 heteroatoms. The number of methoxy groups -OCH3 is 1. The van der Waals surface area contributed by atoms with Crippen LogP contribution in [0.15, 0.2) is 0 Å². The maximum Gasteiger partial charge on any atom is 0.311 e. The molecule has 1 rings (SSSR count). The highest BCUT2D eigenvalue weighted by molar-refractivity contribution is 5.80. The van der Waals surface area contributed by atoms with Crippen molar-refractivity contribution in [1.29, 1.82) is 0 Å². The van der Waals surface area contributed by atoms with E-state index >= 15 is 0 Å². The molecule has 1 fully saturated rings. The Morgan fingerprint density at radius 1 is 1.47 bits per heavy atom. The van der Waals surface area contributed by atoms with Crippen LogP contribution in [0.5, 0.6) is 0 Å². The van der Waals surface area contributed by atoms with Crippen LogP contribution in [0, 0.1) is 5.41 Å². The van der Waals surface area contributed by atoms with Crippen LogP contribution in [-0.2, 0) is 14.3 Å². The first-order chi connectivity index (χ1) is 8.00. The second kappa shape index (κ2) is 6.00. The topological polar surface area (TPSA) is 75.6 Å². The van der Waals surface area contributed by atoms with Gasteiger partial charge in [0.05, 0.1) is 12.0 Å². The minimum Gasteiger partial charge on any atom is -0.481 e. The van der Waals surface area contributed by atoms with Gasteiger partial charge in [-0.15, -0.1) is 0 Å². The summed E-state index contributed by atoms with van der Waals surface area (Å²) in [7, 11) is 1.54. The maximum absolute atomic E-state index is 11.6. The van der Waals surface area contributed by atoms with Crippen molar-refractivity contribution >= 4 is 11.9 Å². The van der Waals surface area contributed by atoms with Crippen molar-refractivity contribution < 1.29 is 19.4 Å². The number of nitrogens with one attached hydrogen (secondary N) is 1. The Morgan fingerprint density at radius 3 is 2.76 bits per heavy atom. The lowest BCUT2D eigenvalue weighted by Gasteiger charge is -2.38. The van der Waals surface area contributed by atoms with E-state index in [9.17, 15) is 14.7 Å². The molecule has 1 saturated carbocycles. The molecule has 0 heterocycles. The second-order valence-electron chi connectivity index (χ2n) is 4.83. The first-order valence-corrected chi connectivity index (χ1v) is 6.02. The Labute approximate surface area is 102 Å². The molecule has 1 amide bonds. The third kappa shape index (κ3) is 3.43. The first-order valence-electron chi connectivity index (χ1n) is 6.02. The van der Waals surface area contributed by atoms with E-state index in [0.29, 0.717) is 13.0 Å². The van der Waals surface area contributed by atoms with Crippen LogP contribution in [0.1, 0.15) is 39.0 Å². The molecular weight excluding hydrogens is 222 g/mol. The number of hydrogen-bond donors (Lipinski definition) is 2. The number of aliphatic carboxylic acids is 1. The highest BCUT2D eigenvalue weighted by Gasteiger charge is 2.43. The van der Waals surface area contributed by atoms with E-state index in [4.69, 9.17) is 4.74 Å². The fourth-order valence-electron chi connectivity index (χ4n) is 2.28. The highest BCUT2D eigenvalue weighted by atomic mass is 16.5. The molecule has 0 bridgehead atoms. The van der Waals surface area contributed by atoms with Gasteiger partial charge in [0.2, 0.25) is 5.91 Å². The Balaban J connectivity index is 2.60. The Hall–Kier alpha value is -1.10. The molecule has 17 heavy (non-hydrogen) atoms. The zero-order valence-corrected chi connectivity index (χ0v) is 10.5. The van der Waals surface area contributed by atoms with E-state index in [1.165, 1.54) is 7.11 Å². The van der Waals surface area contributed by atoms with Gasteiger partial charge >= 0.3 is 5.97 Å². The molecule has 0 aromatic carbocycles. The molecule has 2 N–H and O–H groups in total. The summed E-state index contributed by atoms with van der Waals surface area (Å²) in [6.07, 6.45) is 3.52. The van der Waals surface area contributed by atoms with Gasteiger partial charge in [-0.2, -0.15) is 0 Å². The van der Waals surface area contributed by atoms with Gasteiger partial charge in [0.15, 0.2) is 0 Å². The van der Waals surface area contributed by atoms with Crippen molar-refractivity contribution in [1.82, 2.24) is 5.32 Å². The van der Waals surface area contributed by atoms with Gasteiger partial charge < -0.3 is 15.2 Å². The summed E-state index contributed by atoms with van der Waals surface area (Å²) in [5, 5.41) is 12.1. The lowest BCUT2D eigenvalue weighted by molar-refractivity contribution is -0.152. The third-order valence-corrected chi connectivity index (χ3v) is 3.57. The van der Waals surface area contributed by atoms with Crippen LogP contribution in [0.4, 0.5) is 0 Å². The van der Waals surface area contributed by atoms with Crippen molar-refractivity contribution in [3.8, 4) is 0 Å². The molecule has 0 aromatic rings. The molecule has 1 aliphatic carbocycles. The second-order valence-corrected chi connectivity index (χ2v) is 4.83. The van der Waals surface area contributed by atoms with Crippen LogP contribution in [-0.4, -0.2) is 36.7 Å². The number of carboxylic acids is 1. The summed E-state index contributed by atoms with van der Waals surface area (Å²) in [4.78, 5) is 22.9. The van der Waals surface area contributed by atoms with Gasteiger partial charge in [-0.25, -0.2) is 0 Å². The lowest BCUT2D eigenvalue weighted by atomic mass is 9.71.